The average molecular weight is 326 g/mol. The number of aliphatic hydroxyl groups excluding tert-OH is 1. The van der Waals surface area contributed by atoms with Crippen molar-refractivity contribution in [3.63, 3.8) is 0 Å². The molecular weight excluding hydrogens is 300 g/mol. The van der Waals surface area contributed by atoms with Gasteiger partial charge in [0.25, 0.3) is 0 Å². The molecule has 0 spiro atoms. The third-order valence-corrected chi connectivity index (χ3v) is 7.84. The molecule has 1 unspecified atom stereocenters. The second-order valence-electron chi connectivity index (χ2n) is 9.00. The van der Waals surface area contributed by atoms with E-state index in [9.17, 15) is 9.90 Å². The monoisotopic (exact) mass is 326 g/mol. The Morgan fingerprint density at radius 1 is 1.25 bits per heavy atom. The van der Waals surface area contributed by atoms with E-state index in [0.29, 0.717) is 23.9 Å². The van der Waals surface area contributed by atoms with Crippen LogP contribution in [0.1, 0.15) is 33.1 Å². The van der Waals surface area contributed by atoms with Crippen molar-refractivity contribution in [3.8, 4) is 0 Å². The highest BCUT2D eigenvalue weighted by Gasteiger charge is 2.62. The maximum Gasteiger partial charge on any atom is 0.178 e. The van der Waals surface area contributed by atoms with Gasteiger partial charge in [-0.25, -0.2) is 0 Å². The molecule has 0 aromatic carbocycles. The minimum Gasteiger partial charge on any atom is -0.393 e. The third-order valence-electron chi connectivity index (χ3n) is 7.84. The number of hydrogen-bond acceptors (Lipinski definition) is 3. The SMILES string of the molecule is C[C@]12C[C@H](O)[C@H]3[C@@H](CCC4=CC(=O)C=C[C@@]43C)[C@@H]1C=C[C@@H]2C1CO1. The first-order valence-corrected chi connectivity index (χ1v) is 9.36. The van der Waals surface area contributed by atoms with Crippen LogP contribution in [0.2, 0.25) is 0 Å². The molecule has 3 nitrogen and oxygen atoms in total. The highest BCUT2D eigenvalue weighted by atomic mass is 16.6. The van der Waals surface area contributed by atoms with Crippen molar-refractivity contribution in [3.05, 3.63) is 36.0 Å². The number of fused-ring (bicyclic) bond motifs is 5. The molecule has 1 saturated heterocycles. The van der Waals surface area contributed by atoms with Gasteiger partial charge in [-0.1, -0.05) is 37.6 Å². The zero-order valence-electron chi connectivity index (χ0n) is 14.4. The van der Waals surface area contributed by atoms with E-state index in [1.165, 1.54) is 5.57 Å². The standard InChI is InChI=1S/C21H26O3/c1-20-8-7-13(22)9-12(20)3-4-14-15-5-6-16(18-11-24-18)21(15,2)10-17(23)19(14)20/h5-9,14-19,23H,3-4,10-11H2,1-2H3/t14-,15-,16+,17-,18?,19+,20-,21-/m0/s1. The Bertz CT molecular complexity index is 685. The summed E-state index contributed by atoms with van der Waals surface area (Å²) < 4.78 is 5.60. The number of allylic oxidation sites excluding steroid dienone is 5. The molecule has 128 valence electrons. The number of ether oxygens (including phenoxy) is 1. The lowest BCUT2D eigenvalue weighted by atomic mass is 9.46. The number of epoxide rings is 1. The molecule has 1 N–H and O–H groups in total. The fourth-order valence-corrected chi connectivity index (χ4v) is 6.63. The molecule has 1 heterocycles. The number of ketones is 1. The zero-order valence-corrected chi connectivity index (χ0v) is 14.4. The third kappa shape index (κ3) is 1.83. The van der Waals surface area contributed by atoms with Crippen molar-refractivity contribution >= 4 is 5.78 Å². The van der Waals surface area contributed by atoms with Crippen LogP contribution >= 0.6 is 0 Å². The zero-order chi connectivity index (χ0) is 16.7. The van der Waals surface area contributed by atoms with Gasteiger partial charge in [0.05, 0.1) is 18.8 Å². The molecular formula is C21H26O3. The van der Waals surface area contributed by atoms with Gasteiger partial charge in [-0.2, -0.15) is 0 Å². The fraction of sp³-hybridized carbons (Fsp3) is 0.667. The molecule has 5 rings (SSSR count). The molecule has 3 fully saturated rings. The Morgan fingerprint density at radius 2 is 2.00 bits per heavy atom. The second kappa shape index (κ2) is 4.70. The molecule has 8 atom stereocenters. The summed E-state index contributed by atoms with van der Waals surface area (Å²) >= 11 is 0. The maximum absolute atomic E-state index is 11.8. The van der Waals surface area contributed by atoms with Gasteiger partial charge in [-0.05, 0) is 48.7 Å². The van der Waals surface area contributed by atoms with Gasteiger partial charge in [-0.15, -0.1) is 0 Å². The molecule has 3 heteroatoms. The fourth-order valence-electron chi connectivity index (χ4n) is 6.63. The molecule has 0 aromatic heterocycles. The minimum atomic E-state index is -0.316. The summed E-state index contributed by atoms with van der Waals surface area (Å²) in [6.07, 6.45) is 13.3. The normalized spacial score (nSPS) is 54.8. The highest BCUT2D eigenvalue weighted by molar-refractivity contribution is 6.01. The van der Waals surface area contributed by atoms with Crippen LogP contribution in [0.5, 0.6) is 0 Å². The van der Waals surface area contributed by atoms with Crippen molar-refractivity contribution in [2.75, 3.05) is 6.61 Å². The van der Waals surface area contributed by atoms with Gasteiger partial charge in [0, 0.05) is 17.3 Å². The van der Waals surface area contributed by atoms with E-state index in [1.54, 1.807) is 6.08 Å². The molecule has 0 radical (unpaired) electrons. The summed E-state index contributed by atoms with van der Waals surface area (Å²) in [4.78, 5) is 11.8. The first-order chi connectivity index (χ1) is 11.4. The second-order valence-corrected chi connectivity index (χ2v) is 9.00. The Morgan fingerprint density at radius 3 is 2.75 bits per heavy atom. The van der Waals surface area contributed by atoms with E-state index in [-0.39, 0.29) is 28.6 Å². The van der Waals surface area contributed by atoms with Gasteiger partial charge < -0.3 is 9.84 Å². The lowest BCUT2D eigenvalue weighted by Crippen LogP contribution is -2.56. The van der Waals surface area contributed by atoms with E-state index in [4.69, 9.17) is 4.74 Å². The van der Waals surface area contributed by atoms with Gasteiger partial charge in [0.15, 0.2) is 5.78 Å². The van der Waals surface area contributed by atoms with Crippen molar-refractivity contribution < 1.29 is 14.6 Å². The Balaban J connectivity index is 1.54. The van der Waals surface area contributed by atoms with Crippen LogP contribution in [0.15, 0.2) is 36.0 Å². The number of aliphatic hydroxyl groups is 1. The molecule has 0 bridgehead atoms. The first-order valence-electron chi connectivity index (χ1n) is 9.36. The van der Waals surface area contributed by atoms with Crippen LogP contribution in [-0.2, 0) is 9.53 Å². The van der Waals surface area contributed by atoms with Crippen molar-refractivity contribution in [1.82, 2.24) is 0 Å². The molecule has 4 aliphatic carbocycles. The Kier molecular flexibility index (Phi) is 2.96. The van der Waals surface area contributed by atoms with E-state index >= 15 is 0 Å². The predicted octanol–water partition coefficient (Wildman–Crippen LogP) is 3.06. The maximum atomic E-state index is 11.8. The number of hydrogen-bond donors (Lipinski definition) is 1. The van der Waals surface area contributed by atoms with Crippen LogP contribution in [0, 0.1) is 34.5 Å². The van der Waals surface area contributed by atoms with Crippen molar-refractivity contribution in [1.29, 1.82) is 0 Å². The van der Waals surface area contributed by atoms with Crippen LogP contribution in [0.4, 0.5) is 0 Å². The minimum absolute atomic E-state index is 0.0998. The molecule has 0 aromatic rings. The van der Waals surface area contributed by atoms with Crippen LogP contribution in [0.3, 0.4) is 0 Å². The van der Waals surface area contributed by atoms with Crippen LogP contribution < -0.4 is 0 Å². The summed E-state index contributed by atoms with van der Waals surface area (Å²) in [7, 11) is 0. The average Bonchev–Trinajstić information content (AvgIpc) is 3.30. The van der Waals surface area contributed by atoms with Gasteiger partial charge in [-0.3, -0.25) is 4.79 Å². The summed E-state index contributed by atoms with van der Waals surface area (Å²) in [6.45, 7) is 5.46. The molecule has 0 amide bonds. The number of carbonyl (C=O) groups is 1. The van der Waals surface area contributed by atoms with Crippen molar-refractivity contribution in [2.45, 2.75) is 45.3 Å². The van der Waals surface area contributed by atoms with Crippen LogP contribution in [0.25, 0.3) is 0 Å². The summed E-state index contributed by atoms with van der Waals surface area (Å²) in [5, 5.41) is 11.2. The van der Waals surface area contributed by atoms with Gasteiger partial charge >= 0.3 is 0 Å². The predicted molar refractivity (Wildman–Crippen MR) is 91.1 cm³/mol. The Hall–Kier alpha value is -1.19. The quantitative estimate of drug-likeness (QED) is 0.595. The van der Waals surface area contributed by atoms with Gasteiger partial charge in [0.1, 0.15) is 0 Å². The largest absolute Gasteiger partial charge is 0.393 e. The molecule has 24 heavy (non-hydrogen) atoms. The molecule has 2 saturated carbocycles. The smallest absolute Gasteiger partial charge is 0.178 e. The van der Waals surface area contributed by atoms with E-state index in [2.05, 4.69) is 32.1 Å². The topological polar surface area (TPSA) is 49.8 Å². The molecule has 1 aliphatic heterocycles. The number of carbonyl (C=O) groups excluding carboxylic acids is 1. The van der Waals surface area contributed by atoms with Crippen LogP contribution in [-0.4, -0.2) is 29.7 Å². The first kappa shape index (κ1) is 15.1. The molecule has 5 aliphatic rings. The van der Waals surface area contributed by atoms with E-state index in [0.717, 1.165) is 25.9 Å². The lowest BCUT2D eigenvalue weighted by molar-refractivity contribution is -0.115. The number of rotatable bonds is 1. The summed E-state index contributed by atoms with van der Waals surface area (Å²) in [5.41, 5.74) is 1.18. The van der Waals surface area contributed by atoms with E-state index in [1.807, 2.05) is 6.08 Å². The Labute approximate surface area is 143 Å². The van der Waals surface area contributed by atoms with E-state index < -0.39 is 0 Å². The lowest BCUT2D eigenvalue weighted by Gasteiger charge is -2.58. The van der Waals surface area contributed by atoms with Crippen molar-refractivity contribution in [2.24, 2.45) is 34.5 Å². The van der Waals surface area contributed by atoms with Gasteiger partial charge in [0.2, 0.25) is 0 Å². The summed E-state index contributed by atoms with van der Waals surface area (Å²) in [6, 6.07) is 0. The highest BCUT2D eigenvalue weighted by Crippen LogP contribution is 2.65. The summed E-state index contributed by atoms with van der Waals surface area (Å²) in [5.74, 6) is 1.76.